The highest BCUT2D eigenvalue weighted by Crippen LogP contribution is 2.51. The lowest BCUT2D eigenvalue weighted by Crippen LogP contribution is -2.39. The van der Waals surface area contributed by atoms with E-state index in [4.69, 9.17) is 0 Å². The minimum Gasteiger partial charge on any atom is -0.352 e. The molecule has 0 aromatic heterocycles. The van der Waals surface area contributed by atoms with E-state index in [2.05, 4.69) is 24.1 Å². The molecule has 2 fully saturated rings. The average Bonchev–Trinajstić information content (AvgIpc) is 3.18. The Morgan fingerprint density at radius 1 is 1.29 bits per heavy atom. The summed E-state index contributed by atoms with van der Waals surface area (Å²) in [5.74, 6) is -0.750. The van der Waals surface area contributed by atoms with Crippen molar-refractivity contribution in [3.8, 4) is 0 Å². The maximum Gasteiger partial charge on any atom is 0.416 e. The fourth-order valence-corrected chi connectivity index (χ4v) is 3.59. The molecule has 0 spiro atoms. The Hall–Kier alpha value is -1.56. The summed E-state index contributed by atoms with van der Waals surface area (Å²) in [6, 6.07) is 6.15. The second kappa shape index (κ2) is 6.39. The standard InChI is InChI=1S/C18H23F3N2O/c1-11(2)23-8-7-12(10-23)22-17(24)15-9-14(15)13-5-3-4-6-16(13)18(19,20)21/h3-6,11-12,14-15H,7-10H2,1-2H3,(H,22,24)/t12-,14-,15+/m0/s1. The monoisotopic (exact) mass is 340 g/mol. The van der Waals surface area contributed by atoms with Gasteiger partial charge < -0.3 is 5.32 Å². The molecule has 6 heteroatoms. The van der Waals surface area contributed by atoms with E-state index in [-0.39, 0.29) is 29.3 Å². The summed E-state index contributed by atoms with van der Waals surface area (Å²) in [6.07, 6.45) is -2.97. The predicted octanol–water partition coefficient (Wildman–Crippen LogP) is 3.41. The van der Waals surface area contributed by atoms with Crippen molar-refractivity contribution in [3.05, 3.63) is 35.4 Å². The first kappa shape index (κ1) is 17.3. The van der Waals surface area contributed by atoms with Crippen LogP contribution in [0, 0.1) is 5.92 Å². The maximum atomic E-state index is 13.1. The number of hydrogen-bond acceptors (Lipinski definition) is 2. The van der Waals surface area contributed by atoms with E-state index in [9.17, 15) is 18.0 Å². The summed E-state index contributed by atoms with van der Waals surface area (Å²) in [4.78, 5) is 14.7. The number of hydrogen-bond donors (Lipinski definition) is 1. The maximum absolute atomic E-state index is 13.1. The molecular weight excluding hydrogens is 317 g/mol. The lowest BCUT2D eigenvalue weighted by molar-refractivity contribution is -0.138. The molecule has 1 heterocycles. The Bertz CT molecular complexity index is 615. The van der Waals surface area contributed by atoms with Crippen LogP contribution in [0.2, 0.25) is 0 Å². The minimum atomic E-state index is -4.37. The SMILES string of the molecule is CC(C)N1CC[C@H](NC(=O)[C@@H]2C[C@H]2c2ccccc2C(F)(F)F)C1. The minimum absolute atomic E-state index is 0.104. The van der Waals surface area contributed by atoms with Gasteiger partial charge in [-0.15, -0.1) is 0 Å². The molecule has 2 aliphatic rings. The van der Waals surface area contributed by atoms with Gasteiger partial charge in [-0.2, -0.15) is 13.2 Å². The van der Waals surface area contributed by atoms with Gasteiger partial charge in [0, 0.05) is 31.1 Å². The number of likely N-dealkylation sites (tertiary alicyclic amines) is 1. The zero-order valence-electron chi connectivity index (χ0n) is 13.9. The Morgan fingerprint density at radius 2 is 2.00 bits per heavy atom. The van der Waals surface area contributed by atoms with Gasteiger partial charge in [-0.05, 0) is 44.2 Å². The number of rotatable bonds is 4. The Morgan fingerprint density at radius 3 is 2.62 bits per heavy atom. The Kier molecular flexibility index (Phi) is 4.60. The quantitative estimate of drug-likeness (QED) is 0.911. The second-order valence-electron chi connectivity index (χ2n) is 7.12. The summed E-state index contributed by atoms with van der Waals surface area (Å²) in [7, 11) is 0. The molecule has 1 saturated carbocycles. The number of carbonyl (C=O) groups excluding carboxylic acids is 1. The van der Waals surface area contributed by atoms with Gasteiger partial charge in [0.1, 0.15) is 0 Å². The van der Waals surface area contributed by atoms with Crippen molar-refractivity contribution in [2.24, 2.45) is 5.92 Å². The van der Waals surface area contributed by atoms with Gasteiger partial charge in [0.25, 0.3) is 0 Å². The zero-order valence-corrected chi connectivity index (χ0v) is 13.9. The lowest BCUT2D eigenvalue weighted by atomic mass is 10.0. The third kappa shape index (κ3) is 3.58. The number of halogens is 3. The molecule has 3 atom stereocenters. The van der Waals surface area contributed by atoms with Crippen LogP contribution in [-0.4, -0.2) is 36.0 Å². The van der Waals surface area contributed by atoms with Crippen LogP contribution in [0.5, 0.6) is 0 Å². The highest BCUT2D eigenvalue weighted by atomic mass is 19.4. The normalized spacial score (nSPS) is 27.5. The predicted molar refractivity (Wildman–Crippen MR) is 85.5 cm³/mol. The van der Waals surface area contributed by atoms with E-state index < -0.39 is 11.7 Å². The molecule has 0 bridgehead atoms. The number of nitrogens with zero attached hydrogens (tertiary/aromatic N) is 1. The highest BCUT2D eigenvalue weighted by Gasteiger charge is 2.48. The van der Waals surface area contributed by atoms with Crippen molar-refractivity contribution in [2.75, 3.05) is 13.1 Å². The van der Waals surface area contributed by atoms with Gasteiger partial charge in [0.05, 0.1) is 5.56 Å². The first-order valence-corrected chi connectivity index (χ1v) is 8.48. The number of carbonyl (C=O) groups is 1. The first-order chi connectivity index (χ1) is 11.3. The third-order valence-electron chi connectivity index (χ3n) is 5.09. The van der Waals surface area contributed by atoms with E-state index in [0.717, 1.165) is 25.6 Å². The van der Waals surface area contributed by atoms with Gasteiger partial charge in [0.15, 0.2) is 0 Å². The van der Waals surface area contributed by atoms with E-state index >= 15 is 0 Å². The molecule has 1 aromatic carbocycles. The summed E-state index contributed by atoms with van der Waals surface area (Å²) in [6.45, 7) is 6.01. The Labute approximate surface area is 140 Å². The van der Waals surface area contributed by atoms with Crippen LogP contribution >= 0.6 is 0 Å². The van der Waals surface area contributed by atoms with E-state index in [1.165, 1.54) is 12.1 Å². The largest absolute Gasteiger partial charge is 0.416 e. The molecule has 1 saturated heterocycles. The summed E-state index contributed by atoms with van der Waals surface area (Å²) < 4.78 is 39.3. The van der Waals surface area contributed by atoms with Gasteiger partial charge in [-0.25, -0.2) is 0 Å². The van der Waals surface area contributed by atoms with E-state index in [1.54, 1.807) is 6.07 Å². The molecule has 0 unspecified atom stereocenters. The first-order valence-electron chi connectivity index (χ1n) is 8.48. The van der Waals surface area contributed by atoms with Gasteiger partial charge in [-0.3, -0.25) is 9.69 Å². The summed E-state index contributed by atoms with van der Waals surface area (Å²) in [5.41, 5.74) is -0.363. The zero-order chi connectivity index (χ0) is 17.5. The molecule has 24 heavy (non-hydrogen) atoms. The number of alkyl halides is 3. The molecule has 1 aromatic rings. The molecule has 3 nitrogen and oxygen atoms in total. The van der Waals surface area contributed by atoms with E-state index in [0.29, 0.717) is 12.5 Å². The van der Waals surface area contributed by atoms with Crippen LogP contribution in [0.4, 0.5) is 13.2 Å². The number of amides is 1. The molecule has 3 rings (SSSR count). The van der Waals surface area contributed by atoms with Crippen molar-refractivity contribution >= 4 is 5.91 Å². The summed E-state index contributed by atoms with van der Waals surface area (Å²) >= 11 is 0. The average molecular weight is 340 g/mol. The van der Waals surface area contributed by atoms with E-state index in [1.807, 2.05) is 0 Å². The molecule has 0 radical (unpaired) electrons. The molecular formula is C18H23F3N2O. The van der Waals surface area contributed by atoms with Crippen molar-refractivity contribution in [3.63, 3.8) is 0 Å². The lowest BCUT2D eigenvalue weighted by Gasteiger charge is -2.20. The van der Waals surface area contributed by atoms with Crippen LogP contribution in [-0.2, 0) is 11.0 Å². The Balaban J connectivity index is 1.61. The summed E-state index contributed by atoms with van der Waals surface area (Å²) in [5, 5.41) is 3.02. The fourth-order valence-electron chi connectivity index (χ4n) is 3.59. The van der Waals surface area contributed by atoms with Crippen LogP contribution in [0.3, 0.4) is 0 Å². The fraction of sp³-hybridized carbons (Fsp3) is 0.611. The van der Waals surface area contributed by atoms with Crippen LogP contribution < -0.4 is 5.32 Å². The van der Waals surface area contributed by atoms with Gasteiger partial charge in [0.2, 0.25) is 5.91 Å². The van der Waals surface area contributed by atoms with Gasteiger partial charge in [-0.1, -0.05) is 18.2 Å². The van der Waals surface area contributed by atoms with Crippen molar-refractivity contribution < 1.29 is 18.0 Å². The van der Waals surface area contributed by atoms with Crippen LogP contribution in [0.25, 0.3) is 0 Å². The smallest absolute Gasteiger partial charge is 0.352 e. The van der Waals surface area contributed by atoms with Crippen LogP contribution in [0.15, 0.2) is 24.3 Å². The second-order valence-corrected chi connectivity index (χ2v) is 7.12. The molecule has 1 N–H and O–H groups in total. The molecule has 132 valence electrons. The highest BCUT2D eigenvalue weighted by molar-refractivity contribution is 5.83. The number of nitrogens with one attached hydrogen (secondary N) is 1. The number of benzene rings is 1. The molecule has 1 aliphatic heterocycles. The van der Waals surface area contributed by atoms with Crippen LogP contribution in [0.1, 0.15) is 43.7 Å². The van der Waals surface area contributed by atoms with Crippen molar-refractivity contribution in [1.82, 2.24) is 10.2 Å². The van der Waals surface area contributed by atoms with Crippen molar-refractivity contribution in [1.29, 1.82) is 0 Å². The van der Waals surface area contributed by atoms with Gasteiger partial charge >= 0.3 is 6.18 Å². The van der Waals surface area contributed by atoms with Crippen molar-refractivity contribution in [2.45, 2.75) is 50.9 Å². The molecule has 1 amide bonds. The topological polar surface area (TPSA) is 32.3 Å². The molecule has 1 aliphatic carbocycles. The third-order valence-corrected chi connectivity index (χ3v) is 5.09.